The van der Waals surface area contributed by atoms with E-state index in [1.807, 2.05) is 24.4 Å². The molecule has 1 aromatic carbocycles. The summed E-state index contributed by atoms with van der Waals surface area (Å²) in [4.78, 5) is 24.3. The molecule has 8 nitrogen and oxygen atoms in total. The molecule has 174 valence electrons. The predicted octanol–water partition coefficient (Wildman–Crippen LogP) is 3.25. The van der Waals surface area contributed by atoms with Crippen molar-refractivity contribution >= 4 is 22.8 Å². The zero-order valence-corrected chi connectivity index (χ0v) is 19.5. The van der Waals surface area contributed by atoms with Crippen LogP contribution in [-0.4, -0.2) is 65.5 Å². The quantitative estimate of drug-likeness (QED) is 0.644. The summed E-state index contributed by atoms with van der Waals surface area (Å²) >= 11 is 0. The maximum absolute atomic E-state index is 12.2. The van der Waals surface area contributed by atoms with Crippen LogP contribution in [0, 0.1) is 0 Å². The van der Waals surface area contributed by atoms with Gasteiger partial charge in [-0.05, 0) is 57.0 Å². The summed E-state index contributed by atoms with van der Waals surface area (Å²) in [6, 6.07) is 10.8. The van der Waals surface area contributed by atoms with Crippen molar-refractivity contribution in [3.05, 3.63) is 42.1 Å². The van der Waals surface area contributed by atoms with Gasteiger partial charge < -0.3 is 24.3 Å². The second-order valence-corrected chi connectivity index (χ2v) is 8.98. The number of benzene rings is 1. The molecule has 4 heterocycles. The van der Waals surface area contributed by atoms with Crippen LogP contribution in [0.25, 0.3) is 22.4 Å². The largest absolute Gasteiger partial charge is 0.376 e. The third kappa shape index (κ3) is 4.20. The molecule has 0 radical (unpaired) electrons. The SMILES string of the molecule is CNC(=O)c1ccc2c(c1)nc(-c1ccc(N3[C@@H](C)CC[C@@H]3C)nc1)n2C[C@@H]1COCCO1. The van der Waals surface area contributed by atoms with Gasteiger partial charge in [0.25, 0.3) is 5.91 Å². The van der Waals surface area contributed by atoms with Gasteiger partial charge in [0.05, 0.1) is 43.5 Å². The Morgan fingerprint density at radius 2 is 1.97 bits per heavy atom. The maximum atomic E-state index is 12.2. The van der Waals surface area contributed by atoms with Crippen molar-refractivity contribution in [2.75, 3.05) is 31.8 Å². The number of pyridine rings is 1. The molecule has 1 N–H and O–H groups in total. The standard InChI is InChI=1S/C25H31N5O3/c1-16-4-5-17(2)30(16)23-9-7-19(13-27-23)24-28-21-12-18(25(31)26-3)6-8-22(21)29(24)14-20-15-32-10-11-33-20/h6-9,12-13,16-17,20H,4-5,10-11,14-15H2,1-3H3,(H,26,31)/t16-,17-,20+/m0/s1. The van der Waals surface area contributed by atoms with Gasteiger partial charge in [-0.2, -0.15) is 0 Å². The van der Waals surface area contributed by atoms with Crippen LogP contribution in [0.4, 0.5) is 5.82 Å². The second kappa shape index (κ2) is 9.11. The first-order chi connectivity index (χ1) is 16.0. The van der Waals surface area contributed by atoms with Crippen molar-refractivity contribution in [2.24, 2.45) is 0 Å². The molecule has 0 aliphatic carbocycles. The Morgan fingerprint density at radius 3 is 2.64 bits per heavy atom. The van der Waals surface area contributed by atoms with E-state index >= 15 is 0 Å². The van der Waals surface area contributed by atoms with Crippen molar-refractivity contribution in [2.45, 2.75) is 51.4 Å². The summed E-state index contributed by atoms with van der Waals surface area (Å²) in [6.45, 7) is 6.91. The highest BCUT2D eigenvalue weighted by Crippen LogP contribution is 2.31. The number of hydrogen-bond donors (Lipinski definition) is 1. The van der Waals surface area contributed by atoms with E-state index in [1.165, 1.54) is 12.8 Å². The molecule has 3 aromatic rings. The lowest BCUT2D eigenvalue weighted by atomic mass is 10.2. The second-order valence-electron chi connectivity index (χ2n) is 8.98. The molecule has 33 heavy (non-hydrogen) atoms. The first-order valence-corrected chi connectivity index (χ1v) is 11.7. The number of rotatable bonds is 5. The van der Waals surface area contributed by atoms with Crippen LogP contribution < -0.4 is 10.2 Å². The Balaban J connectivity index is 1.53. The van der Waals surface area contributed by atoms with Gasteiger partial charge in [-0.1, -0.05) is 0 Å². The minimum absolute atomic E-state index is 0.0490. The van der Waals surface area contributed by atoms with Crippen LogP contribution in [0.15, 0.2) is 36.5 Å². The molecule has 0 spiro atoms. The van der Waals surface area contributed by atoms with Gasteiger partial charge in [0, 0.05) is 36.5 Å². The monoisotopic (exact) mass is 449 g/mol. The molecule has 2 aromatic heterocycles. The molecule has 3 atom stereocenters. The number of nitrogens with zero attached hydrogens (tertiary/aromatic N) is 4. The van der Waals surface area contributed by atoms with Crippen molar-refractivity contribution in [1.82, 2.24) is 19.9 Å². The zero-order valence-electron chi connectivity index (χ0n) is 19.5. The molecular formula is C25H31N5O3. The highest BCUT2D eigenvalue weighted by atomic mass is 16.6. The van der Waals surface area contributed by atoms with E-state index in [1.54, 1.807) is 7.05 Å². The summed E-state index contributed by atoms with van der Waals surface area (Å²) in [5.74, 6) is 1.69. The fraction of sp³-hybridized carbons (Fsp3) is 0.480. The summed E-state index contributed by atoms with van der Waals surface area (Å²) in [5, 5.41) is 2.68. The zero-order chi connectivity index (χ0) is 22.9. The van der Waals surface area contributed by atoms with Crippen LogP contribution in [0.3, 0.4) is 0 Å². The summed E-state index contributed by atoms with van der Waals surface area (Å²) < 4.78 is 13.7. The van der Waals surface area contributed by atoms with E-state index in [4.69, 9.17) is 19.4 Å². The van der Waals surface area contributed by atoms with E-state index in [-0.39, 0.29) is 12.0 Å². The van der Waals surface area contributed by atoms with Gasteiger partial charge in [-0.25, -0.2) is 9.97 Å². The summed E-state index contributed by atoms with van der Waals surface area (Å²) in [5.41, 5.74) is 3.25. The number of fused-ring (bicyclic) bond motifs is 1. The number of carbonyl (C=O) groups is 1. The van der Waals surface area contributed by atoms with Crippen molar-refractivity contribution < 1.29 is 14.3 Å². The lowest BCUT2D eigenvalue weighted by Gasteiger charge is -2.27. The molecule has 2 fully saturated rings. The molecular weight excluding hydrogens is 418 g/mol. The first kappa shape index (κ1) is 21.9. The normalized spacial score (nSPS) is 23.2. The number of carbonyl (C=O) groups excluding carboxylic acids is 1. The van der Waals surface area contributed by atoms with Crippen molar-refractivity contribution in [3.8, 4) is 11.4 Å². The molecule has 1 amide bonds. The van der Waals surface area contributed by atoms with Gasteiger partial charge in [0.2, 0.25) is 0 Å². The summed E-state index contributed by atoms with van der Waals surface area (Å²) in [7, 11) is 1.63. The fourth-order valence-corrected chi connectivity index (χ4v) is 4.98. The van der Waals surface area contributed by atoms with Crippen LogP contribution in [0.2, 0.25) is 0 Å². The van der Waals surface area contributed by atoms with Crippen LogP contribution >= 0.6 is 0 Å². The lowest BCUT2D eigenvalue weighted by molar-refractivity contribution is -0.0931. The molecule has 0 bridgehead atoms. The van der Waals surface area contributed by atoms with Crippen molar-refractivity contribution in [1.29, 1.82) is 0 Å². The van der Waals surface area contributed by atoms with Gasteiger partial charge >= 0.3 is 0 Å². The number of amides is 1. The average Bonchev–Trinajstić information content (AvgIpc) is 3.38. The fourth-order valence-electron chi connectivity index (χ4n) is 4.98. The van der Waals surface area contributed by atoms with E-state index < -0.39 is 0 Å². The third-order valence-electron chi connectivity index (χ3n) is 6.73. The van der Waals surface area contributed by atoms with Crippen molar-refractivity contribution in [3.63, 3.8) is 0 Å². The lowest BCUT2D eigenvalue weighted by Crippen LogP contribution is -2.33. The molecule has 2 saturated heterocycles. The van der Waals surface area contributed by atoms with Crippen LogP contribution in [0.1, 0.15) is 37.0 Å². The van der Waals surface area contributed by atoms with Gasteiger partial charge in [-0.15, -0.1) is 0 Å². The van der Waals surface area contributed by atoms with E-state index in [0.717, 1.165) is 28.2 Å². The minimum Gasteiger partial charge on any atom is -0.376 e. The Hall–Kier alpha value is -2.97. The average molecular weight is 450 g/mol. The minimum atomic E-state index is -0.128. The van der Waals surface area contributed by atoms with Crippen LogP contribution in [0.5, 0.6) is 0 Å². The van der Waals surface area contributed by atoms with Gasteiger partial charge in [0.15, 0.2) is 0 Å². The molecule has 2 aliphatic rings. The number of anilines is 1. The van der Waals surface area contributed by atoms with E-state index in [0.29, 0.717) is 44.0 Å². The Labute approximate surface area is 193 Å². The van der Waals surface area contributed by atoms with Gasteiger partial charge in [0.1, 0.15) is 11.6 Å². The van der Waals surface area contributed by atoms with E-state index in [2.05, 4.69) is 40.8 Å². The number of ether oxygens (including phenoxy) is 2. The highest BCUT2D eigenvalue weighted by molar-refractivity contribution is 5.97. The summed E-state index contributed by atoms with van der Waals surface area (Å²) in [6.07, 6.45) is 4.24. The highest BCUT2D eigenvalue weighted by Gasteiger charge is 2.28. The van der Waals surface area contributed by atoms with Gasteiger partial charge in [-0.3, -0.25) is 4.79 Å². The molecule has 0 unspecified atom stereocenters. The number of imidazole rings is 1. The predicted molar refractivity (Wildman–Crippen MR) is 128 cm³/mol. The third-order valence-corrected chi connectivity index (χ3v) is 6.73. The topological polar surface area (TPSA) is 81.5 Å². The number of hydrogen-bond acceptors (Lipinski definition) is 6. The number of nitrogens with one attached hydrogen (secondary N) is 1. The molecule has 5 rings (SSSR count). The molecule has 8 heteroatoms. The van der Waals surface area contributed by atoms with E-state index in [9.17, 15) is 4.79 Å². The smallest absolute Gasteiger partial charge is 0.251 e. The molecule has 0 saturated carbocycles. The molecule has 2 aliphatic heterocycles. The Morgan fingerprint density at radius 1 is 1.15 bits per heavy atom. The Kier molecular flexibility index (Phi) is 6.03. The maximum Gasteiger partial charge on any atom is 0.251 e. The first-order valence-electron chi connectivity index (χ1n) is 11.7. The number of aromatic nitrogens is 3. The van der Waals surface area contributed by atoms with Crippen LogP contribution in [-0.2, 0) is 16.0 Å². The Bertz CT molecular complexity index is 1130.